The van der Waals surface area contributed by atoms with Gasteiger partial charge in [-0.05, 0) is 26.0 Å². The Kier molecular flexibility index (Phi) is 4.96. The van der Waals surface area contributed by atoms with Crippen molar-refractivity contribution in [2.24, 2.45) is 0 Å². The summed E-state index contributed by atoms with van der Waals surface area (Å²) >= 11 is 0. The van der Waals surface area contributed by atoms with Crippen LogP contribution in [0.3, 0.4) is 0 Å². The van der Waals surface area contributed by atoms with Crippen LogP contribution in [0.15, 0.2) is 33.6 Å². The summed E-state index contributed by atoms with van der Waals surface area (Å²) in [7, 11) is -1.43. The minimum Gasteiger partial charge on any atom is -0.493 e. The Labute approximate surface area is 134 Å². The number of benzene rings is 1. The van der Waals surface area contributed by atoms with Gasteiger partial charge in [0, 0.05) is 12.1 Å². The van der Waals surface area contributed by atoms with E-state index in [1.54, 1.807) is 26.0 Å². The maximum Gasteiger partial charge on any atom is 0.244 e. The van der Waals surface area contributed by atoms with Gasteiger partial charge in [-0.2, -0.15) is 0 Å². The molecule has 1 atom stereocenters. The molecule has 1 N–H and O–H groups in total. The summed E-state index contributed by atoms with van der Waals surface area (Å²) in [6.45, 7) is 3.35. The van der Waals surface area contributed by atoms with E-state index in [0.717, 1.165) is 12.1 Å². The molecule has 0 amide bonds. The predicted molar refractivity (Wildman–Crippen MR) is 81.7 cm³/mol. The third kappa shape index (κ3) is 3.65. The monoisotopic (exact) mass is 343 g/mol. The van der Waals surface area contributed by atoms with Gasteiger partial charge < -0.3 is 13.9 Å². The van der Waals surface area contributed by atoms with Gasteiger partial charge in [-0.3, -0.25) is 0 Å². The molecule has 0 aliphatic carbocycles. The summed E-state index contributed by atoms with van der Waals surface area (Å²) in [6, 6.07) is 4.78. The first-order valence-corrected chi connectivity index (χ1v) is 8.27. The summed E-state index contributed by atoms with van der Waals surface area (Å²) in [5, 5.41) is 0. The van der Waals surface area contributed by atoms with E-state index >= 15 is 0 Å². The molecule has 0 aliphatic heterocycles. The Balaban J connectivity index is 2.36. The highest BCUT2D eigenvalue weighted by molar-refractivity contribution is 7.89. The van der Waals surface area contributed by atoms with Crippen LogP contribution in [0.4, 0.5) is 4.39 Å². The molecule has 2 rings (SSSR count). The summed E-state index contributed by atoms with van der Waals surface area (Å²) in [5.74, 6) is 0.391. The molecule has 6 nitrogen and oxygen atoms in total. The van der Waals surface area contributed by atoms with Crippen LogP contribution in [0, 0.1) is 12.7 Å². The topological polar surface area (TPSA) is 77.8 Å². The highest BCUT2D eigenvalue weighted by Crippen LogP contribution is 2.32. The van der Waals surface area contributed by atoms with E-state index in [-0.39, 0.29) is 11.5 Å². The molecule has 0 saturated heterocycles. The van der Waals surface area contributed by atoms with Crippen molar-refractivity contribution >= 4 is 10.0 Å². The fraction of sp³-hybridized carbons (Fsp3) is 0.333. The lowest BCUT2D eigenvalue weighted by Gasteiger charge is -2.15. The molecule has 23 heavy (non-hydrogen) atoms. The highest BCUT2D eigenvalue weighted by Gasteiger charge is 2.25. The van der Waals surface area contributed by atoms with Crippen molar-refractivity contribution in [1.29, 1.82) is 0 Å². The lowest BCUT2D eigenvalue weighted by molar-refractivity contribution is 0.350. The van der Waals surface area contributed by atoms with Crippen LogP contribution in [0.1, 0.15) is 24.5 Å². The number of hydrogen-bond acceptors (Lipinski definition) is 5. The van der Waals surface area contributed by atoms with E-state index < -0.39 is 26.8 Å². The fourth-order valence-electron chi connectivity index (χ4n) is 2.08. The van der Waals surface area contributed by atoms with Crippen LogP contribution >= 0.6 is 0 Å². The van der Waals surface area contributed by atoms with Gasteiger partial charge in [0.15, 0.2) is 11.5 Å². The standard InChI is InChI=1S/C15H18FNO5S/c1-9-5-6-12(22-9)10(2)17-23(18,19)15-8-14(21-4)13(20-3)7-11(15)16/h5-8,10,17H,1-4H3. The van der Waals surface area contributed by atoms with Gasteiger partial charge in [0.1, 0.15) is 22.2 Å². The quantitative estimate of drug-likeness (QED) is 0.873. The SMILES string of the molecule is COc1cc(F)c(S(=O)(=O)NC(C)c2ccc(C)o2)cc1OC. The molecule has 0 aliphatic rings. The third-order valence-corrected chi connectivity index (χ3v) is 4.80. The number of ether oxygens (including phenoxy) is 2. The van der Waals surface area contributed by atoms with E-state index in [1.807, 2.05) is 0 Å². The molecule has 0 radical (unpaired) electrons. The van der Waals surface area contributed by atoms with E-state index in [2.05, 4.69) is 4.72 Å². The van der Waals surface area contributed by atoms with Crippen molar-refractivity contribution in [2.75, 3.05) is 14.2 Å². The van der Waals surface area contributed by atoms with Crippen molar-refractivity contribution in [3.63, 3.8) is 0 Å². The lowest BCUT2D eigenvalue weighted by Crippen LogP contribution is -2.27. The molecule has 0 spiro atoms. The number of hydrogen-bond donors (Lipinski definition) is 1. The molecule has 0 fully saturated rings. The first kappa shape index (κ1) is 17.3. The normalized spacial score (nSPS) is 12.9. The molecule has 1 aromatic carbocycles. The van der Waals surface area contributed by atoms with Crippen molar-refractivity contribution < 1.29 is 26.7 Å². The van der Waals surface area contributed by atoms with Crippen LogP contribution in [0.5, 0.6) is 11.5 Å². The Morgan fingerprint density at radius 2 is 1.78 bits per heavy atom. The molecule has 2 aromatic rings. The number of sulfonamides is 1. The summed E-state index contributed by atoms with van der Waals surface area (Å²) in [5.41, 5.74) is 0. The minimum absolute atomic E-state index is 0.110. The average molecular weight is 343 g/mol. The van der Waals surface area contributed by atoms with Gasteiger partial charge in [0.05, 0.1) is 20.3 Å². The fourth-order valence-corrected chi connectivity index (χ4v) is 3.37. The molecule has 1 unspecified atom stereocenters. The number of methoxy groups -OCH3 is 2. The number of nitrogens with one attached hydrogen (secondary N) is 1. The van der Waals surface area contributed by atoms with E-state index in [4.69, 9.17) is 13.9 Å². The Bertz CT molecular complexity index is 800. The molecule has 0 saturated carbocycles. The maximum atomic E-state index is 14.1. The second kappa shape index (κ2) is 6.59. The minimum atomic E-state index is -4.11. The van der Waals surface area contributed by atoms with Gasteiger partial charge in [-0.25, -0.2) is 17.5 Å². The number of rotatable bonds is 6. The first-order chi connectivity index (χ1) is 10.8. The first-order valence-electron chi connectivity index (χ1n) is 6.78. The van der Waals surface area contributed by atoms with Crippen LogP contribution in [0.2, 0.25) is 0 Å². The van der Waals surface area contributed by atoms with Crippen molar-refractivity contribution in [1.82, 2.24) is 4.72 Å². The molecular formula is C15H18FNO5S. The number of aryl methyl sites for hydroxylation is 1. The van der Waals surface area contributed by atoms with Crippen molar-refractivity contribution in [2.45, 2.75) is 24.8 Å². The van der Waals surface area contributed by atoms with Crippen molar-refractivity contribution in [3.8, 4) is 11.5 Å². The zero-order valence-electron chi connectivity index (χ0n) is 13.2. The van der Waals surface area contributed by atoms with Crippen LogP contribution in [0.25, 0.3) is 0 Å². The molecule has 0 bridgehead atoms. The number of halogens is 1. The Morgan fingerprint density at radius 3 is 2.30 bits per heavy atom. The third-order valence-electron chi connectivity index (χ3n) is 3.25. The van der Waals surface area contributed by atoms with Gasteiger partial charge in [0.25, 0.3) is 0 Å². The summed E-state index contributed by atoms with van der Waals surface area (Å²) in [4.78, 5) is -0.523. The molecule has 1 heterocycles. The van der Waals surface area contributed by atoms with Crippen LogP contribution in [-0.4, -0.2) is 22.6 Å². The average Bonchev–Trinajstić information content (AvgIpc) is 2.92. The van der Waals surface area contributed by atoms with Gasteiger partial charge >= 0.3 is 0 Å². The smallest absolute Gasteiger partial charge is 0.244 e. The maximum absolute atomic E-state index is 14.1. The second-order valence-corrected chi connectivity index (χ2v) is 6.61. The zero-order chi connectivity index (χ0) is 17.2. The summed E-state index contributed by atoms with van der Waals surface area (Å²) < 4.78 is 56.7. The molecular weight excluding hydrogens is 325 g/mol. The largest absolute Gasteiger partial charge is 0.493 e. The zero-order valence-corrected chi connectivity index (χ0v) is 14.0. The van der Waals surface area contributed by atoms with Crippen molar-refractivity contribution in [3.05, 3.63) is 41.6 Å². The van der Waals surface area contributed by atoms with Crippen LogP contribution in [-0.2, 0) is 10.0 Å². The molecule has 126 valence electrons. The second-order valence-electron chi connectivity index (χ2n) is 4.93. The lowest BCUT2D eigenvalue weighted by atomic mass is 10.3. The Hall–Kier alpha value is -2.06. The van der Waals surface area contributed by atoms with Crippen LogP contribution < -0.4 is 14.2 Å². The Morgan fingerprint density at radius 1 is 1.17 bits per heavy atom. The predicted octanol–water partition coefficient (Wildman–Crippen LogP) is 2.78. The van der Waals surface area contributed by atoms with Gasteiger partial charge in [-0.15, -0.1) is 0 Å². The van der Waals surface area contributed by atoms with E-state index in [0.29, 0.717) is 11.5 Å². The van der Waals surface area contributed by atoms with Gasteiger partial charge in [0.2, 0.25) is 10.0 Å². The highest BCUT2D eigenvalue weighted by atomic mass is 32.2. The molecule has 8 heteroatoms. The molecule has 1 aromatic heterocycles. The van der Waals surface area contributed by atoms with Gasteiger partial charge in [-0.1, -0.05) is 0 Å². The summed E-state index contributed by atoms with van der Waals surface area (Å²) in [6.07, 6.45) is 0. The number of furan rings is 1. The van der Waals surface area contributed by atoms with E-state index in [1.165, 1.54) is 14.2 Å². The van der Waals surface area contributed by atoms with E-state index in [9.17, 15) is 12.8 Å².